The number of hydrogen-bond donors (Lipinski definition) is 0. The highest BCUT2D eigenvalue weighted by molar-refractivity contribution is 5.77. The van der Waals surface area contributed by atoms with Gasteiger partial charge in [-0.25, -0.2) is 0 Å². The summed E-state index contributed by atoms with van der Waals surface area (Å²) >= 11 is 0. The zero-order valence-electron chi connectivity index (χ0n) is 25.5. The highest BCUT2D eigenvalue weighted by atomic mass is 19.4. The van der Waals surface area contributed by atoms with E-state index in [-0.39, 0.29) is 60.4 Å². The summed E-state index contributed by atoms with van der Waals surface area (Å²) in [5.74, 6) is 0.101. The van der Waals surface area contributed by atoms with Gasteiger partial charge in [-0.3, -0.25) is 9.59 Å². The van der Waals surface area contributed by atoms with E-state index >= 15 is 0 Å². The van der Waals surface area contributed by atoms with Gasteiger partial charge in [0.15, 0.2) is 0 Å². The first-order chi connectivity index (χ1) is 20.4. The monoisotopic (exact) mass is 623 g/mol. The number of carbonyl (C=O) groups is 2. The topological polar surface area (TPSA) is 43.9 Å². The number of nitrogens with zero attached hydrogens (tertiary/aromatic N) is 3. The smallest absolute Gasteiger partial charge is 0.367 e. The minimum absolute atomic E-state index is 0.0118. The van der Waals surface area contributed by atoms with Gasteiger partial charge >= 0.3 is 12.4 Å². The van der Waals surface area contributed by atoms with E-state index in [0.29, 0.717) is 25.1 Å². The lowest BCUT2D eigenvalue weighted by molar-refractivity contribution is -0.144. The number of benzene rings is 2. The second-order valence-corrected chi connectivity index (χ2v) is 12.8. The average molecular weight is 624 g/mol. The van der Waals surface area contributed by atoms with Crippen LogP contribution in [0.3, 0.4) is 0 Å². The molecule has 0 aromatic heterocycles. The Balaban J connectivity index is 1.77. The first-order valence-corrected chi connectivity index (χ1v) is 14.7. The van der Waals surface area contributed by atoms with E-state index in [1.54, 1.807) is 40.1 Å². The molecule has 2 aromatic rings. The average Bonchev–Trinajstić information content (AvgIpc) is 2.93. The molecule has 1 atom stereocenters. The number of halogens is 6. The minimum atomic E-state index is -5.05. The normalized spacial score (nSPS) is 19.7. The summed E-state index contributed by atoms with van der Waals surface area (Å²) in [5, 5.41) is -0.782. The second-order valence-electron chi connectivity index (χ2n) is 12.8. The molecule has 2 saturated heterocycles. The number of hydrogen-bond acceptors (Lipinski definition) is 3. The molecular formula is C33H39F6N3O2. The van der Waals surface area contributed by atoms with Gasteiger partial charge in [0.2, 0.25) is 11.8 Å². The molecule has 2 aliphatic heterocycles. The number of rotatable bonds is 4. The molecule has 0 radical (unpaired) electrons. The van der Waals surface area contributed by atoms with Crippen LogP contribution >= 0.6 is 0 Å². The van der Waals surface area contributed by atoms with E-state index in [9.17, 15) is 35.9 Å². The Kier molecular flexibility index (Phi) is 9.47. The van der Waals surface area contributed by atoms with Gasteiger partial charge in [0.1, 0.15) is 0 Å². The van der Waals surface area contributed by atoms with Gasteiger partial charge < -0.3 is 14.7 Å². The molecule has 240 valence electrons. The van der Waals surface area contributed by atoms with E-state index in [4.69, 9.17) is 0 Å². The number of alkyl halides is 6. The van der Waals surface area contributed by atoms with Gasteiger partial charge in [-0.15, -0.1) is 0 Å². The maximum Gasteiger partial charge on any atom is 0.417 e. The van der Waals surface area contributed by atoms with Crippen LogP contribution in [-0.4, -0.2) is 65.3 Å². The Labute approximate surface area is 253 Å². The van der Waals surface area contributed by atoms with Crippen LogP contribution < -0.4 is 10.4 Å². The molecule has 44 heavy (non-hydrogen) atoms. The van der Waals surface area contributed by atoms with Crippen LogP contribution in [0.5, 0.6) is 0 Å². The third-order valence-electron chi connectivity index (χ3n) is 8.72. The molecule has 0 N–H and O–H groups in total. The van der Waals surface area contributed by atoms with Gasteiger partial charge in [-0.2, -0.15) is 26.3 Å². The first kappa shape index (κ1) is 33.4. The van der Waals surface area contributed by atoms with Crippen LogP contribution in [0.15, 0.2) is 42.5 Å². The quantitative estimate of drug-likeness (QED) is 0.423. The van der Waals surface area contributed by atoms with Crippen LogP contribution in [-0.2, 0) is 21.9 Å². The largest absolute Gasteiger partial charge is 0.417 e. The fourth-order valence-electron chi connectivity index (χ4n) is 6.25. The summed E-state index contributed by atoms with van der Waals surface area (Å²) in [5.41, 5.74) is -2.63. The molecule has 2 fully saturated rings. The lowest BCUT2D eigenvalue weighted by Gasteiger charge is -2.49. The lowest BCUT2D eigenvalue weighted by atomic mass is 9.83. The lowest BCUT2D eigenvalue weighted by Crippen LogP contribution is -2.60. The standard InChI is InChI=1S/C33H39F6N3O2/c1-21-26(18-25(32(34,35)36)19-27(21)33(37,38)39)30(24-9-7-6-8-10-24)41-15-16-42(28(20-41)31(3,4)5)29(44)17-23-11-13-40(14-12-23)22(2)43/h6-10,18-19,23,28H,1,11-17,20H2,2-5H3/b30-26-/t28-/m1/s1. The van der Waals surface area contributed by atoms with Crippen molar-refractivity contribution in [3.63, 3.8) is 0 Å². The fraction of sp³-hybridized carbons (Fsp3) is 0.515. The predicted molar refractivity (Wildman–Crippen MR) is 156 cm³/mol. The van der Waals surface area contributed by atoms with Gasteiger partial charge in [-0.05, 0) is 47.1 Å². The van der Waals surface area contributed by atoms with Crippen molar-refractivity contribution in [3.8, 4) is 0 Å². The van der Waals surface area contributed by atoms with E-state index in [0.717, 1.165) is 18.9 Å². The third-order valence-corrected chi connectivity index (χ3v) is 8.72. The highest BCUT2D eigenvalue weighted by Gasteiger charge is 2.41. The number of likely N-dealkylation sites (tertiary alicyclic amines) is 1. The summed E-state index contributed by atoms with van der Waals surface area (Å²) in [7, 11) is 0. The first-order valence-electron chi connectivity index (χ1n) is 14.7. The molecule has 2 aromatic carbocycles. The molecule has 11 heteroatoms. The molecule has 0 bridgehead atoms. The van der Waals surface area contributed by atoms with Crippen molar-refractivity contribution < 1.29 is 35.9 Å². The van der Waals surface area contributed by atoms with E-state index in [1.807, 2.05) is 25.7 Å². The summed E-state index contributed by atoms with van der Waals surface area (Å²) in [6.07, 6.45) is -8.29. The number of piperazine rings is 1. The molecule has 0 saturated carbocycles. The second kappa shape index (κ2) is 12.5. The van der Waals surface area contributed by atoms with E-state index in [2.05, 4.69) is 6.58 Å². The van der Waals surface area contributed by atoms with Crippen LogP contribution in [0, 0.1) is 11.3 Å². The Hall–Kier alpha value is -3.50. The van der Waals surface area contributed by atoms with Crippen LogP contribution in [0.1, 0.15) is 63.6 Å². The van der Waals surface area contributed by atoms with E-state index < -0.39 is 34.1 Å². The number of carbonyl (C=O) groups excluding carboxylic acids is 2. The summed E-state index contributed by atoms with van der Waals surface area (Å²) in [4.78, 5) is 30.8. The Morgan fingerprint density at radius 1 is 0.864 bits per heavy atom. The summed E-state index contributed by atoms with van der Waals surface area (Å²) in [6, 6.07) is 8.86. The van der Waals surface area contributed by atoms with Crippen molar-refractivity contribution in [3.05, 3.63) is 69.6 Å². The Bertz CT molecular complexity index is 1470. The summed E-state index contributed by atoms with van der Waals surface area (Å²) < 4.78 is 83.8. The third kappa shape index (κ3) is 7.41. The van der Waals surface area contributed by atoms with Crippen molar-refractivity contribution in [2.75, 3.05) is 32.7 Å². The van der Waals surface area contributed by atoms with Crippen molar-refractivity contribution in [2.24, 2.45) is 11.3 Å². The van der Waals surface area contributed by atoms with Crippen molar-refractivity contribution in [2.45, 2.75) is 65.4 Å². The molecule has 2 heterocycles. The van der Waals surface area contributed by atoms with Crippen molar-refractivity contribution >= 4 is 24.1 Å². The SMILES string of the molecule is C=c1c(C(F)(F)F)cc(C(F)(F)F)c/c1=C(\c1ccccc1)N1CCN(C(=O)CC2CCN(C(C)=O)CC2)[C@@H](C(C)(C)C)C1. The van der Waals surface area contributed by atoms with Gasteiger partial charge in [0, 0.05) is 51.3 Å². The molecule has 0 spiro atoms. The van der Waals surface area contributed by atoms with Crippen LogP contribution in [0.25, 0.3) is 12.3 Å². The summed E-state index contributed by atoms with van der Waals surface area (Å²) in [6.45, 7) is 12.9. The zero-order chi connectivity index (χ0) is 32.6. The minimum Gasteiger partial charge on any atom is -0.367 e. The molecule has 4 rings (SSSR count). The van der Waals surface area contributed by atoms with Gasteiger partial charge in [0.25, 0.3) is 0 Å². The highest BCUT2D eigenvalue weighted by Crippen LogP contribution is 2.35. The van der Waals surface area contributed by atoms with Crippen LogP contribution in [0.2, 0.25) is 0 Å². The maximum atomic E-state index is 14.0. The molecule has 2 amide bonds. The Morgan fingerprint density at radius 3 is 2.00 bits per heavy atom. The number of amides is 2. The predicted octanol–water partition coefficient (Wildman–Crippen LogP) is 5.50. The van der Waals surface area contributed by atoms with Crippen molar-refractivity contribution in [1.29, 1.82) is 0 Å². The van der Waals surface area contributed by atoms with Crippen molar-refractivity contribution in [1.82, 2.24) is 14.7 Å². The number of piperidine rings is 1. The molecule has 0 aliphatic carbocycles. The maximum absolute atomic E-state index is 14.0. The van der Waals surface area contributed by atoms with Gasteiger partial charge in [-0.1, -0.05) is 57.7 Å². The zero-order valence-corrected chi connectivity index (χ0v) is 25.5. The van der Waals surface area contributed by atoms with Crippen LogP contribution in [0.4, 0.5) is 26.3 Å². The molecular weight excluding hydrogens is 584 g/mol. The van der Waals surface area contributed by atoms with E-state index in [1.165, 1.54) is 6.92 Å². The van der Waals surface area contributed by atoms with Gasteiger partial charge in [0.05, 0.1) is 22.9 Å². The molecule has 0 unspecified atom stereocenters. The fourth-order valence-corrected chi connectivity index (χ4v) is 6.25. The Morgan fingerprint density at radius 2 is 1.48 bits per heavy atom. The molecule has 5 nitrogen and oxygen atoms in total. The molecule has 2 aliphatic rings.